The van der Waals surface area contributed by atoms with E-state index < -0.39 is 12.1 Å². The topological polar surface area (TPSA) is 78.9 Å². The van der Waals surface area contributed by atoms with Crippen molar-refractivity contribution in [2.45, 2.75) is 194 Å². The van der Waals surface area contributed by atoms with Crippen molar-refractivity contribution < 1.29 is 28.6 Å². The molecule has 1 unspecified atom stereocenters. The lowest BCUT2D eigenvalue weighted by Gasteiger charge is -2.18. The summed E-state index contributed by atoms with van der Waals surface area (Å²) in [7, 11) is 0. The van der Waals surface area contributed by atoms with Crippen molar-refractivity contribution in [3.8, 4) is 0 Å². The molecular formula is C51H82O6. The number of carbonyl (C=O) groups excluding carboxylic acids is 3. The van der Waals surface area contributed by atoms with Gasteiger partial charge in [-0.15, -0.1) is 0 Å². The molecule has 0 aromatic heterocycles. The Morgan fingerprint density at radius 3 is 1.32 bits per heavy atom. The molecule has 0 fully saturated rings. The van der Waals surface area contributed by atoms with Gasteiger partial charge in [-0.05, 0) is 64.2 Å². The lowest BCUT2D eigenvalue weighted by molar-refractivity contribution is -0.167. The van der Waals surface area contributed by atoms with E-state index in [1.165, 1.54) is 57.8 Å². The molecule has 0 bridgehead atoms. The Morgan fingerprint density at radius 1 is 0.386 bits per heavy atom. The molecule has 0 aliphatic carbocycles. The average molecular weight is 791 g/mol. The summed E-state index contributed by atoms with van der Waals surface area (Å²) >= 11 is 0. The molecule has 0 saturated heterocycles. The molecular weight excluding hydrogens is 709 g/mol. The number of ether oxygens (including phenoxy) is 3. The van der Waals surface area contributed by atoms with E-state index >= 15 is 0 Å². The molecule has 0 radical (unpaired) electrons. The first-order valence-corrected chi connectivity index (χ1v) is 22.8. The van der Waals surface area contributed by atoms with Crippen LogP contribution in [0.2, 0.25) is 0 Å². The Balaban J connectivity index is 4.55. The second-order valence-electron chi connectivity index (χ2n) is 14.7. The van der Waals surface area contributed by atoms with Gasteiger partial charge in [0.2, 0.25) is 0 Å². The maximum absolute atomic E-state index is 12.7. The van der Waals surface area contributed by atoms with Crippen molar-refractivity contribution in [3.05, 3.63) is 97.2 Å². The second kappa shape index (κ2) is 45.0. The highest BCUT2D eigenvalue weighted by Crippen LogP contribution is 2.13. The van der Waals surface area contributed by atoms with Gasteiger partial charge >= 0.3 is 17.9 Å². The van der Waals surface area contributed by atoms with Crippen molar-refractivity contribution in [1.29, 1.82) is 0 Å². The molecule has 0 N–H and O–H groups in total. The minimum atomic E-state index is -0.821. The number of esters is 3. The molecule has 6 heteroatoms. The van der Waals surface area contributed by atoms with E-state index in [1.807, 2.05) is 54.7 Å². The molecule has 0 spiro atoms. The predicted molar refractivity (Wildman–Crippen MR) is 242 cm³/mol. The summed E-state index contributed by atoms with van der Waals surface area (Å²) in [6, 6.07) is 0. The van der Waals surface area contributed by atoms with Crippen LogP contribution in [-0.4, -0.2) is 37.2 Å². The van der Waals surface area contributed by atoms with Crippen LogP contribution in [0.1, 0.15) is 188 Å². The van der Waals surface area contributed by atoms with Gasteiger partial charge in [0.25, 0.3) is 0 Å². The summed E-state index contributed by atoms with van der Waals surface area (Å²) in [6.45, 7) is 6.27. The molecule has 0 amide bonds. The first-order valence-electron chi connectivity index (χ1n) is 22.8. The lowest BCUT2D eigenvalue weighted by Crippen LogP contribution is -2.30. The van der Waals surface area contributed by atoms with Gasteiger partial charge in [-0.2, -0.15) is 0 Å². The zero-order valence-electron chi connectivity index (χ0n) is 36.6. The molecule has 0 aromatic rings. The zero-order valence-corrected chi connectivity index (χ0v) is 36.6. The van der Waals surface area contributed by atoms with E-state index in [9.17, 15) is 14.4 Å². The summed E-state index contributed by atoms with van der Waals surface area (Å²) < 4.78 is 16.6. The highest BCUT2D eigenvalue weighted by molar-refractivity contribution is 5.71. The quantitative estimate of drug-likeness (QED) is 0.0203. The highest BCUT2D eigenvalue weighted by Gasteiger charge is 2.19. The largest absolute Gasteiger partial charge is 0.462 e. The smallest absolute Gasteiger partial charge is 0.306 e. The third-order valence-corrected chi connectivity index (χ3v) is 9.21. The van der Waals surface area contributed by atoms with Gasteiger partial charge in [0.1, 0.15) is 13.2 Å². The van der Waals surface area contributed by atoms with Crippen LogP contribution >= 0.6 is 0 Å². The van der Waals surface area contributed by atoms with Crippen molar-refractivity contribution in [3.63, 3.8) is 0 Å². The van der Waals surface area contributed by atoms with E-state index in [1.54, 1.807) is 0 Å². The van der Waals surface area contributed by atoms with Crippen molar-refractivity contribution in [1.82, 2.24) is 0 Å². The van der Waals surface area contributed by atoms with E-state index in [2.05, 4.69) is 63.3 Å². The fourth-order valence-corrected chi connectivity index (χ4v) is 5.84. The molecule has 322 valence electrons. The Bertz CT molecular complexity index is 1180. The number of hydrogen-bond acceptors (Lipinski definition) is 6. The number of allylic oxidation sites excluding steroid dienone is 16. The van der Waals surface area contributed by atoms with E-state index in [0.29, 0.717) is 19.3 Å². The van der Waals surface area contributed by atoms with Crippen LogP contribution in [-0.2, 0) is 28.6 Å². The van der Waals surface area contributed by atoms with Gasteiger partial charge in [-0.3, -0.25) is 14.4 Å². The SMILES string of the molecule is CC\C=C/C=C\C=C/C=C\C=C/CCCC(=O)OC(COC(=O)CCCCCC/C=C\C/C=C\C/C=C\CC)COC(=O)CCCCCCCCCCCCCC. The summed E-state index contributed by atoms with van der Waals surface area (Å²) in [4.78, 5) is 37.7. The molecule has 57 heavy (non-hydrogen) atoms. The molecule has 0 rings (SSSR count). The standard InChI is InChI=1S/C51H82O6/c1-4-7-10-13-16-19-22-25-27-29-32-35-38-41-44-50(53)56-47-48(46-55-49(52)43-40-37-34-31-28-24-21-18-15-12-9-6-3)57-51(54)45-42-39-36-33-30-26-23-20-17-14-11-8-5-2/h7-8,10-11,14,16-17,19-20,23,25-27,30,33,36,48H,4-6,9,12-13,15,18,21-22,24,28-29,31-32,34-35,37-47H2,1-3H3/b10-7-,11-8-,17-14-,19-16-,23-20-,27-25-,30-26-,36-33-. The minimum absolute atomic E-state index is 0.113. The van der Waals surface area contributed by atoms with Crippen LogP contribution in [0.4, 0.5) is 0 Å². The van der Waals surface area contributed by atoms with Crippen molar-refractivity contribution in [2.75, 3.05) is 13.2 Å². The van der Waals surface area contributed by atoms with Gasteiger partial charge in [0.05, 0.1) is 0 Å². The Labute approximate surface area is 349 Å². The number of unbranched alkanes of at least 4 members (excludes halogenated alkanes) is 16. The third-order valence-electron chi connectivity index (χ3n) is 9.21. The summed E-state index contributed by atoms with van der Waals surface area (Å²) in [6.07, 6.45) is 58.2. The maximum Gasteiger partial charge on any atom is 0.306 e. The van der Waals surface area contributed by atoms with Crippen molar-refractivity contribution in [2.24, 2.45) is 0 Å². The summed E-state index contributed by atoms with van der Waals surface area (Å²) in [5, 5.41) is 0. The molecule has 1 atom stereocenters. The maximum atomic E-state index is 12.7. The van der Waals surface area contributed by atoms with Crippen LogP contribution in [0.15, 0.2) is 97.2 Å². The minimum Gasteiger partial charge on any atom is -0.462 e. The molecule has 0 aromatic carbocycles. The molecule has 6 nitrogen and oxygen atoms in total. The first kappa shape index (κ1) is 53.3. The monoisotopic (exact) mass is 791 g/mol. The summed E-state index contributed by atoms with van der Waals surface area (Å²) in [5.41, 5.74) is 0. The Kier molecular flexibility index (Phi) is 42.1. The normalized spacial score (nSPS) is 13.0. The van der Waals surface area contributed by atoms with E-state index in [4.69, 9.17) is 14.2 Å². The van der Waals surface area contributed by atoms with E-state index in [0.717, 1.165) is 83.5 Å². The fourth-order valence-electron chi connectivity index (χ4n) is 5.84. The van der Waals surface area contributed by atoms with Crippen molar-refractivity contribution >= 4 is 17.9 Å². The molecule has 0 saturated carbocycles. The molecule has 0 heterocycles. The number of rotatable bonds is 39. The Hall–Kier alpha value is -3.67. The zero-order chi connectivity index (χ0) is 41.5. The molecule has 0 aliphatic rings. The average Bonchev–Trinajstić information content (AvgIpc) is 3.21. The van der Waals surface area contributed by atoms with Gasteiger partial charge in [-0.1, -0.05) is 201 Å². The molecule has 0 aliphatic heterocycles. The van der Waals surface area contributed by atoms with Gasteiger partial charge in [-0.25, -0.2) is 0 Å². The van der Waals surface area contributed by atoms with Gasteiger partial charge in [0, 0.05) is 19.3 Å². The van der Waals surface area contributed by atoms with Crippen LogP contribution in [0.3, 0.4) is 0 Å². The third kappa shape index (κ3) is 43.3. The number of carbonyl (C=O) groups is 3. The van der Waals surface area contributed by atoms with Crippen LogP contribution in [0.25, 0.3) is 0 Å². The second-order valence-corrected chi connectivity index (χ2v) is 14.7. The van der Waals surface area contributed by atoms with Crippen LogP contribution in [0, 0.1) is 0 Å². The van der Waals surface area contributed by atoms with E-state index in [-0.39, 0.29) is 31.6 Å². The Morgan fingerprint density at radius 2 is 0.789 bits per heavy atom. The summed E-state index contributed by atoms with van der Waals surface area (Å²) in [5.74, 6) is -1.02. The predicted octanol–water partition coefficient (Wildman–Crippen LogP) is 14.6. The van der Waals surface area contributed by atoms with Gasteiger partial charge in [0.15, 0.2) is 6.10 Å². The lowest BCUT2D eigenvalue weighted by atomic mass is 10.0. The van der Waals surface area contributed by atoms with Crippen LogP contribution in [0.5, 0.6) is 0 Å². The fraction of sp³-hybridized carbons (Fsp3) is 0.627. The van der Waals surface area contributed by atoms with Crippen LogP contribution < -0.4 is 0 Å². The number of hydrogen-bond donors (Lipinski definition) is 0. The highest BCUT2D eigenvalue weighted by atomic mass is 16.6. The first-order chi connectivity index (χ1) is 28.0. The van der Waals surface area contributed by atoms with Gasteiger partial charge < -0.3 is 14.2 Å².